The van der Waals surface area contributed by atoms with Crippen molar-refractivity contribution in [3.8, 4) is 0 Å². The number of aliphatic hydroxyl groups excluding tert-OH is 1. The van der Waals surface area contributed by atoms with Gasteiger partial charge in [0.2, 0.25) is 0 Å². The first-order valence-electron chi connectivity index (χ1n) is 5.62. The zero-order valence-electron chi connectivity index (χ0n) is 9.44. The molecule has 0 amide bonds. The van der Waals surface area contributed by atoms with E-state index in [0.29, 0.717) is 0 Å². The molecule has 0 saturated carbocycles. The van der Waals surface area contributed by atoms with E-state index in [0.717, 1.165) is 24.0 Å². The van der Waals surface area contributed by atoms with Gasteiger partial charge in [-0.25, -0.2) is 0 Å². The molecule has 1 N–H and O–H groups in total. The predicted octanol–water partition coefficient (Wildman–Crippen LogP) is 2.56. The molecular formula is C14H16O2. The number of carbonyl (C=O) groups excluding carboxylic acids is 1. The zero-order chi connectivity index (χ0) is 11.5. The van der Waals surface area contributed by atoms with Crippen LogP contribution in [-0.4, -0.2) is 10.9 Å². The van der Waals surface area contributed by atoms with Gasteiger partial charge >= 0.3 is 0 Å². The quantitative estimate of drug-likeness (QED) is 0.843. The Balaban J connectivity index is 2.25. The first-order valence-corrected chi connectivity index (χ1v) is 5.62. The van der Waals surface area contributed by atoms with Crippen LogP contribution in [0.2, 0.25) is 0 Å². The van der Waals surface area contributed by atoms with Crippen molar-refractivity contribution in [2.75, 3.05) is 0 Å². The van der Waals surface area contributed by atoms with Crippen molar-refractivity contribution in [1.82, 2.24) is 0 Å². The van der Waals surface area contributed by atoms with Gasteiger partial charge in [-0.1, -0.05) is 24.3 Å². The molecule has 84 valence electrons. The average Bonchev–Trinajstić information content (AvgIpc) is 2.78. The summed E-state index contributed by atoms with van der Waals surface area (Å²) in [5.74, 6) is 0.334. The molecule has 0 heterocycles. The normalized spacial score (nSPS) is 19.6. The number of hydrogen-bond acceptors (Lipinski definition) is 2. The highest BCUT2D eigenvalue weighted by Crippen LogP contribution is 2.32. The van der Waals surface area contributed by atoms with Crippen molar-refractivity contribution >= 4 is 11.4 Å². The third-order valence-corrected chi connectivity index (χ3v) is 3.13. The summed E-state index contributed by atoms with van der Waals surface area (Å²) in [6.45, 7) is 1.71. The number of aliphatic hydroxyl groups is 1. The van der Waals surface area contributed by atoms with Crippen molar-refractivity contribution in [1.29, 1.82) is 0 Å². The fourth-order valence-corrected chi connectivity index (χ4v) is 2.15. The number of carbonyl (C=O) groups is 1. The van der Waals surface area contributed by atoms with Crippen LogP contribution >= 0.6 is 0 Å². The topological polar surface area (TPSA) is 37.3 Å². The minimum atomic E-state index is 0.0667. The summed E-state index contributed by atoms with van der Waals surface area (Å²) < 4.78 is 0. The SMILES string of the molecule is CC(=O)[C@H]1C=C(c2cccc(CO)c2)CC1. The second-order valence-corrected chi connectivity index (χ2v) is 4.31. The lowest BCUT2D eigenvalue weighted by atomic mass is 10.0. The lowest BCUT2D eigenvalue weighted by molar-refractivity contribution is -0.119. The molecule has 1 aliphatic rings. The van der Waals surface area contributed by atoms with Gasteiger partial charge in [-0.05, 0) is 42.5 Å². The standard InChI is InChI=1S/C14H16O2/c1-10(16)12-5-6-14(8-12)13-4-2-3-11(7-13)9-15/h2-4,7-8,12,15H,5-6,9H2,1H3/t12-/m1/s1. The van der Waals surface area contributed by atoms with Gasteiger partial charge in [0.15, 0.2) is 0 Å². The maximum absolute atomic E-state index is 11.3. The molecule has 0 fully saturated rings. The first kappa shape index (κ1) is 11.1. The van der Waals surface area contributed by atoms with Crippen LogP contribution in [-0.2, 0) is 11.4 Å². The Morgan fingerprint density at radius 3 is 2.94 bits per heavy atom. The summed E-state index contributed by atoms with van der Waals surface area (Å²) in [4.78, 5) is 11.3. The Hall–Kier alpha value is -1.41. The minimum absolute atomic E-state index is 0.0667. The maximum Gasteiger partial charge on any atom is 0.136 e. The van der Waals surface area contributed by atoms with Gasteiger partial charge in [0, 0.05) is 5.92 Å². The second-order valence-electron chi connectivity index (χ2n) is 4.31. The largest absolute Gasteiger partial charge is 0.392 e. The van der Waals surface area contributed by atoms with Crippen LogP contribution in [0.25, 0.3) is 5.57 Å². The molecule has 2 nitrogen and oxygen atoms in total. The van der Waals surface area contributed by atoms with Gasteiger partial charge in [0.1, 0.15) is 5.78 Å². The van der Waals surface area contributed by atoms with Gasteiger partial charge < -0.3 is 5.11 Å². The molecule has 1 aromatic carbocycles. The van der Waals surface area contributed by atoms with Crippen molar-refractivity contribution in [2.24, 2.45) is 5.92 Å². The highest BCUT2D eigenvalue weighted by Gasteiger charge is 2.20. The van der Waals surface area contributed by atoms with Gasteiger partial charge in [-0.2, -0.15) is 0 Å². The summed E-state index contributed by atoms with van der Waals surface area (Å²) in [5.41, 5.74) is 3.29. The minimum Gasteiger partial charge on any atom is -0.392 e. The number of allylic oxidation sites excluding steroid dienone is 2. The summed E-state index contributed by atoms with van der Waals surface area (Å²) >= 11 is 0. The van der Waals surface area contributed by atoms with Gasteiger partial charge in [0.05, 0.1) is 6.61 Å². The molecule has 2 heteroatoms. The van der Waals surface area contributed by atoms with Crippen molar-refractivity contribution in [3.05, 3.63) is 41.5 Å². The lowest BCUT2D eigenvalue weighted by Crippen LogP contribution is -2.03. The third-order valence-electron chi connectivity index (χ3n) is 3.13. The van der Waals surface area contributed by atoms with Crippen LogP contribution in [0.15, 0.2) is 30.3 Å². The fraction of sp³-hybridized carbons (Fsp3) is 0.357. The Bertz CT molecular complexity index is 432. The number of hydrogen-bond donors (Lipinski definition) is 1. The Kier molecular flexibility index (Phi) is 3.20. The summed E-state index contributed by atoms with van der Waals surface area (Å²) in [7, 11) is 0. The van der Waals surface area contributed by atoms with E-state index in [2.05, 4.69) is 6.08 Å². The molecule has 2 rings (SSSR count). The van der Waals surface area contributed by atoms with Crippen LogP contribution in [0, 0.1) is 5.92 Å². The molecule has 1 atom stereocenters. The highest BCUT2D eigenvalue weighted by molar-refractivity contribution is 5.84. The van der Waals surface area contributed by atoms with Gasteiger partial charge in [-0.15, -0.1) is 0 Å². The number of benzene rings is 1. The second kappa shape index (κ2) is 4.62. The van der Waals surface area contributed by atoms with E-state index < -0.39 is 0 Å². The van der Waals surface area contributed by atoms with Crippen LogP contribution < -0.4 is 0 Å². The van der Waals surface area contributed by atoms with Crippen LogP contribution in [0.4, 0.5) is 0 Å². The van der Waals surface area contributed by atoms with E-state index in [4.69, 9.17) is 5.11 Å². The predicted molar refractivity (Wildman–Crippen MR) is 63.7 cm³/mol. The van der Waals surface area contributed by atoms with Crippen LogP contribution in [0.1, 0.15) is 30.9 Å². The molecule has 16 heavy (non-hydrogen) atoms. The van der Waals surface area contributed by atoms with E-state index in [-0.39, 0.29) is 18.3 Å². The number of rotatable bonds is 3. The monoisotopic (exact) mass is 216 g/mol. The third kappa shape index (κ3) is 2.22. The van der Waals surface area contributed by atoms with E-state index >= 15 is 0 Å². The van der Waals surface area contributed by atoms with Crippen LogP contribution in [0.5, 0.6) is 0 Å². The molecule has 0 aromatic heterocycles. The van der Waals surface area contributed by atoms with E-state index in [9.17, 15) is 4.79 Å². The fourth-order valence-electron chi connectivity index (χ4n) is 2.15. The number of ketones is 1. The molecule has 0 radical (unpaired) electrons. The zero-order valence-corrected chi connectivity index (χ0v) is 9.44. The first-order chi connectivity index (χ1) is 7.70. The lowest BCUT2D eigenvalue weighted by Gasteiger charge is -2.03. The smallest absolute Gasteiger partial charge is 0.136 e. The van der Waals surface area contributed by atoms with Gasteiger partial charge in [-0.3, -0.25) is 4.79 Å². The maximum atomic E-state index is 11.3. The summed E-state index contributed by atoms with van der Waals surface area (Å²) in [5, 5.41) is 9.07. The highest BCUT2D eigenvalue weighted by atomic mass is 16.3. The molecule has 0 aliphatic heterocycles. The van der Waals surface area contributed by atoms with Gasteiger partial charge in [0.25, 0.3) is 0 Å². The van der Waals surface area contributed by atoms with E-state index in [1.807, 2.05) is 24.3 Å². The molecule has 1 aromatic rings. The van der Waals surface area contributed by atoms with Crippen LogP contribution in [0.3, 0.4) is 0 Å². The molecular weight excluding hydrogens is 200 g/mol. The molecule has 1 aliphatic carbocycles. The Morgan fingerprint density at radius 2 is 2.31 bits per heavy atom. The summed E-state index contributed by atoms with van der Waals surface area (Å²) in [6, 6.07) is 7.88. The summed E-state index contributed by atoms with van der Waals surface area (Å²) in [6.07, 6.45) is 3.95. The Labute approximate surface area is 95.6 Å². The average molecular weight is 216 g/mol. The number of Topliss-reactive ketones (excluding diaryl/α,β-unsaturated/α-hetero) is 1. The molecule has 0 spiro atoms. The van der Waals surface area contributed by atoms with Crippen molar-refractivity contribution < 1.29 is 9.90 Å². The molecule has 0 saturated heterocycles. The Morgan fingerprint density at radius 1 is 1.50 bits per heavy atom. The molecule has 0 unspecified atom stereocenters. The van der Waals surface area contributed by atoms with Crippen molar-refractivity contribution in [3.63, 3.8) is 0 Å². The van der Waals surface area contributed by atoms with E-state index in [1.165, 1.54) is 5.57 Å². The van der Waals surface area contributed by atoms with E-state index in [1.54, 1.807) is 6.92 Å². The molecule has 0 bridgehead atoms. The van der Waals surface area contributed by atoms with Crippen molar-refractivity contribution in [2.45, 2.75) is 26.4 Å².